The summed E-state index contributed by atoms with van der Waals surface area (Å²) >= 11 is 1.37. The average molecular weight is 266 g/mol. The van der Waals surface area contributed by atoms with Gasteiger partial charge in [-0.05, 0) is 37.3 Å². The summed E-state index contributed by atoms with van der Waals surface area (Å²) in [7, 11) is 0. The molecule has 0 saturated carbocycles. The molecular weight excluding hydrogens is 256 g/mol. The molecule has 0 fully saturated rings. The second kappa shape index (κ2) is 4.38. The first kappa shape index (κ1) is 11.7. The topological polar surface area (TPSA) is 45.8 Å². The van der Waals surface area contributed by atoms with Gasteiger partial charge in [-0.3, -0.25) is 4.79 Å². The zero-order valence-corrected chi connectivity index (χ0v) is 11.1. The molecule has 3 aromatic rings. The number of benzene rings is 2. The lowest BCUT2D eigenvalue weighted by atomic mass is 10.2. The molecule has 0 spiro atoms. The Kier molecular flexibility index (Phi) is 2.69. The number of hydrogen-bond acceptors (Lipinski definition) is 3. The van der Waals surface area contributed by atoms with E-state index in [1.807, 2.05) is 31.2 Å². The van der Waals surface area contributed by atoms with Crippen molar-refractivity contribution in [2.45, 2.75) is 6.92 Å². The third kappa shape index (κ3) is 1.94. The van der Waals surface area contributed by atoms with E-state index in [1.165, 1.54) is 11.5 Å². The molecule has 1 aromatic heterocycles. The van der Waals surface area contributed by atoms with E-state index in [0.717, 1.165) is 16.0 Å². The molecule has 0 saturated heterocycles. The summed E-state index contributed by atoms with van der Waals surface area (Å²) in [4.78, 5) is 12.3. The first-order valence-electron chi connectivity index (χ1n) is 5.82. The maximum absolute atomic E-state index is 12.3. The van der Waals surface area contributed by atoms with Gasteiger partial charge in [0.15, 0.2) is 0 Å². The highest BCUT2D eigenvalue weighted by Crippen LogP contribution is 2.21. The number of fused-ring (bicyclic) bond motifs is 1. The van der Waals surface area contributed by atoms with Gasteiger partial charge in [0.05, 0.1) is 27.4 Å². The molecule has 1 heterocycles. The molecule has 0 bridgehead atoms. The number of hydrogen-bond donors (Lipinski definition) is 0. The Bertz CT molecular complexity index is 850. The van der Waals surface area contributed by atoms with Crippen molar-refractivity contribution in [3.8, 4) is 11.8 Å². The van der Waals surface area contributed by atoms with Crippen LogP contribution in [0.4, 0.5) is 0 Å². The van der Waals surface area contributed by atoms with Gasteiger partial charge >= 0.3 is 0 Å². The molecule has 0 radical (unpaired) electrons. The van der Waals surface area contributed by atoms with Crippen LogP contribution in [0, 0.1) is 18.3 Å². The molecule has 0 amide bonds. The fourth-order valence-corrected chi connectivity index (χ4v) is 2.98. The molecule has 2 aromatic carbocycles. The number of nitrogens with zero attached hydrogens (tertiary/aromatic N) is 2. The molecule has 3 nitrogen and oxygen atoms in total. The Labute approximate surface area is 114 Å². The van der Waals surface area contributed by atoms with Gasteiger partial charge in [0, 0.05) is 0 Å². The van der Waals surface area contributed by atoms with Gasteiger partial charge in [-0.1, -0.05) is 29.2 Å². The third-order valence-corrected chi connectivity index (χ3v) is 4.08. The summed E-state index contributed by atoms with van der Waals surface area (Å²) in [6.07, 6.45) is 0. The molecule has 0 unspecified atom stereocenters. The van der Waals surface area contributed by atoms with Gasteiger partial charge in [0.25, 0.3) is 5.56 Å². The molecule has 0 aliphatic heterocycles. The highest BCUT2D eigenvalue weighted by Gasteiger charge is 2.09. The van der Waals surface area contributed by atoms with Crippen molar-refractivity contribution >= 4 is 21.6 Å². The largest absolute Gasteiger partial charge is 0.273 e. The first-order chi connectivity index (χ1) is 9.19. The van der Waals surface area contributed by atoms with E-state index in [2.05, 4.69) is 6.07 Å². The van der Waals surface area contributed by atoms with Crippen LogP contribution >= 0.6 is 11.5 Å². The summed E-state index contributed by atoms with van der Waals surface area (Å²) < 4.78 is 2.50. The van der Waals surface area contributed by atoms with E-state index in [4.69, 9.17) is 5.26 Å². The highest BCUT2D eigenvalue weighted by molar-refractivity contribution is 7.14. The van der Waals surface area contributed by atoms with Gasteiger partial charge in [-0.15, -0.1) is 0 Å². The summed E-state index contributed by atoms with van der Waals surface area (Å²) in [5, 5.41) is 9.55. The molecular formula is C15H10N2OS. The predicted octanol–water partition coefficient (Wildman–Crippen LogP) is 3.23. The Balaban J connectivity index is 2.25. The number of nitriles is 1. The van der Waals surface area contributed by atoms with E-state index in [9.17, 15) is 4.79 Å². The molecule has 3 rings (SSSR count). The lowest BCUT2D eigenvalue weighted by Gasteiger charge is -1.99. The van der Waals surface area contributed by atoms with Crippen LogP contribution in [-0.4, -0.2) is 3.96 Å². The first-order valence-corrected chi connectivity index (χ1v) is 6.59. The standard InChI is InChI=1S/C15H10N2OS/c1-10-2-5-12(6-3-10)17-15(18)13-7-4-11(9-16)8-14(13)19-17/h2-8H,1H3. The van der Waals surface area contributed by atoms with Crippen LogP contribution in [0.3, 0.4) is 0 Å². The average Bonchev–Trinajstić information content (AvgIpc) is 2.76. The number of aromatic nitrogens is 1. The minimum atomic E-state index is -0.0339. The molecule has 0 aliphatic carbocycles. The number of aryl methyl sites for hydroxylation is 1. The smallest absolute Gasteiger partial charge is 0.267 e. The van der Waals surface area contributed by atoms with Gasteiger partial charge in [-0.2, -0.15) is 5.26 Å². The Morgan fingerprint density at radius 3 is 2.58 bits per heavy atom. The Morgan fingerprint density at radius 2 is 1.89 bits per heavy atom. The van der Waals surface area contributed by atoms with Gasteiger partial charge < -0.3 is 0 Å². The van der Waals surface area contributed by atoms with Crippen LogP contribution in [0.1, 0.15) is 11.1 Å². The van der Waals surface area contributed by atoms with Crippen LogP contribution in [-0.2, 0) is 0 Å². The second-order valence-corrected chi connectivity index (χ2v) is 5.34. The van der Waals surface area contributed by atoms with Gasteiger partial charge in [0.1, 0.15) is 0 Å². The number of rotatable bonds is 1. The quantitative estimate of drug-likeness (QED) is 0.678. The van der Waals surface area contributed by atoms with Crippen LogP contribution in [0.5, 0.6) is 0 Å². The maximum Gasteiger partial charge on any atom is 0.273 e. The maximum atomic E-state index is 12.3. The minimum Gasteiger partial charge on any atom is -0.267 e. The van der Waals surface area contributed by atoms with E-state index >= 15 is 0 Å². The van der Waals surface area contributed by atoms with Gasteiger partial charge in [0.2, 0.25) is 0 Å². The monoisotopic (exact) mass is 266 g/mol. The van der Waals surface area contributed by atoms with E-state index < -0.39 is 0 Å². The fraction of sp³-hybridized carbons (Fsp3) is 0.0667. The summed E-state index contributed by atoms with van der Waals surface area (Å²) in [5.74, 6) is 0. The van der Waals surface area contributed by atoms with Crippen molar-refractivity contribution in [3.05, 3.63) is 63.9 Å². The van der Waals surface area contributed by atoms with Crippen LogP contribution in [0.2, 0.25) is 0 Å². The third-order valence-electron chi connectivity index (χ3n) is 2.98. The van der Waals surface area contributed by atoms with Crippen molar-refractivity contribution in [2.24, 2.45) is 0 Å². The zero-order chi connectivity index (χ0) is 13.4. The lowest BCUT2D eigenvalue weighted by molar-refractivity contribution is 1.14. The zero-order valence-electron chi connectivity index (χ0n) is 10.3. The van der Waals surface area contributed by atoms with Crippen molar-refractivity contribution < 1.29 is 0 Å². The normalized spacial score (nSPS) is 10.5. The Morgan fingerprint density at radius 1 is 1.16 bits per heavy atom. The van der Waals surface area contributed by atoms with Crippen molar-refractivity contribution in [2.75, 3.05) is 0 Å². The summed E-state index contributed by atoms with van der Waals surface area (Å²) in [5.41, 5.74) is 2.55. The molecule has 0 aliphatic rings. The highest BCUT2D eigenvalue weighted by atomic mass is 32.1. The molecule has 0 N–H and O–H groups in total. The van der Waals surface area contributed by atoms with Crippen molar-refractivity contribution in [1.29, 1.82) is 5.26 Å². The summed E-state index contributed by atoms with van der Waals surface area (Å²) in [6, 6.07) is 15.1. The van der Waals surface area contributed by atoms with Crippen molar-refractivity contribution in [3.63, 3.8) is 0 Å². The van der Waals surface area contributed by atoms with E-state index in [-0.39, 0.29) is 5.56 Å². The van der Waals surface area contributed by atoms with Crippen LogP contribution < -0.4 is 5.56 Å². The predicted molar refractivity (Wildman–Crippen MR) is 76.9 cm³/mol. The van der Waals surface area contributed by atoms with Crippen LogP contribution in [0.25, 0.3) is 15.8 Å². The fourth-order valence-electron chi connectivity index (χ4n) is 1.94. The second-order valence-electron chi connectivity index (χ2n) is 4.35. The van der Waals surface area contributed by atoms with Crippen molar-refractivity contribution in [1.82, 2.24) is 3.96 Å². The summed E-state index contributed by atoms with van der Waals surface area (Å²) in [6.45, 7) is 2.01. The van der Waals surface area contributed by atoms with E-state index in [1.54, 1.807) is 22.2 Å². The SMILES string of the molecule is Cc1ccc(-n2sc3cc(C#N)ccc3c2=O)cc1. The molecule has 19 heavy (non-hydrogen) atoms. The van der Waals surface area contributed by atoms with Gasteiger partial charge in [-0.25, -0.2) is 3.96 Å². The lowest BCUT2D eigenvalue weighted by Crippen LogP contribution is -2.10. The van der Waals surface area contributed by atoms with Crippen LogP contribution in [0.15, 0.2) is 47.3 Å². The molecule has 4 heteroatoms. The molecule has 92 valence electrons. The molecule has 0 atom stereocenters. The van der Waals surface area contributed by atoms with E-state index in [0.29, 0.717) is 10.9 Å². The minimum absolute atomic E-state index is 0.0339. The Hall–Kier alpha value is -2.38.